The van der Waals surface area contributed by atoms with Crippen molar-refractivity contribution in [1.82, 2.24) is 4.98 Å². The normalized spacial score (nSPS) is 22.7. The second-order valence-electron chi connectivity index (χ2n) is 6.47. The molecule has 2 atom stereocenters. The van der Waals surface area contributed by atoms with Crippen LogP contribution in [0.3, 0.4) is 0 Å². The molecule has 1 N–H and O–H groups in total. The fourth-order valence-electron chi connectivity index (χ4n) is 3.60. The molecule has 0 amide bonds. The highest BCUT2D eigenvalue weighted by Gasteiger charge is 2.27. The molecule has 2 nitrogen and oxygen atoms in total. The number of anilines is 1. The number of nitrogens with zero attached hydrogens (tertiary/aromatic N) is 1. The average molecular weight is 303 g/mol. The van der Waals surface area contributed by atoms with Gasteiger partial charge < -0.3 is 5.32 Å². The Morgan fingerprint density at radius 1 is 1.24 bits per heavy atom. The minimum absolute atomic E-state index is 0.530. The largest absolute Gasteiger partial charge is 0.380 e. The Morgan fingerprint density at radius 2 is 2.05 bits per heavy atom. The van der Waals surface area contributed by atoms with E-state index in [0.29, 0.717) is 12.0 Å². The molecule has 0 saturated heterocycles. The third kappa shape index (κ3) is 3.16. The van der Waals surface area contributed by atoms with Crippen LogP contribution < -0.4 is 5.32 Å². The first-order chi connectivity index (χ1) is 10.1. The quantitative estimate of drug-likeness (QED) is 0.808. The molecule has 0 spiro atoms. The summed E-state index contributed by atoms with van der Waals surface area (Å²) in [6.45, 7) is 4.66. The number of benzene rings is 1. The maximum Gasteiger partial charge on any atom is 0.0934 e. The second kappa shape index (κ2) is 6.23. The first kappa shape index (κ1) is 14.6. The van der Waals surface area contributed by atoms with E-state index in [4.69, 9.17) is 11.6 Å². The van der Waals surface area contributed by atoms with Gasteiger partial charge in [-0.1, -0.05) is 44.4 Å². The van der Waals surface area contributed by atoms with E-state index in [2.05, 4.69) is 30.2 Å². The van der Waals surface area contributed by atoms with Crippen molar-refractivity contribution >= 4 is 28.2 Å². The highest BCUT2D eigenvalue weighted by molar-refractivity contribution is 6.31. The SMILES string of the molecule is CC(C)C1CCCCC1Nc1cc(Cl)cc2cccnc12. The summed E-state index contributed by atoms with van der Waals surface area (Å²) in [6.07, 6.45) is 7.08. The Hall–Kier alpha value is -1.28. The van der Waals surface area contributed by atoms with Gasteiger partial charge in [0.1, 0.15) is 0 Å². The first-order valence-corrected chi connectivity index (χ1v) is 8.34. The summed E-state index contributed by atoms with van der Waals surface area (Å²) in [4.78, 5) is 4.54. The zero-order valence-electron chi connectivity index (χ0n) is 12.8. The number of aromatic nitrogens is 1. The van der Waals surface area contributed by atoms with Crippen molar-refractivity contribution < 1.29 is 0 Å². The van der Waals surface area contributed by atoms with E-state index < -0.39 is 0 Å². The number of halogens is 1. The van der Waals surface area contributed by atoms with Gasteiger partial charge in [-0.2, -0.15) is 0 Å². The maximum atomic E-state index is 6.27. The predicted molar refractivity (Wildman–Crippen MR) is 91.0 cm³/mol. The lowest BCUT2D eigenvalue weighted by Crippen LogP contribution is -2.35. The van der Waals surface area contributed by atoms with Crippen LogP contribution in [0.15, 0.2) is 30.5 Å². The molecule has 0 bridgehead atoms. The third-order valence-electron chi connectivity index (χ3n) is 4.69. The lowest BCUT2D eigenvalue weighted by Gasteiger charge is -2.35. The van der Waals surface area contributed by atoms with Crippen LogP contribution in [0.25, 0.3) is 10.9 Å². The average Bonchev–Trinajstić information content (AvgIpc) is 2.47. The highest BCUT2D eigenvalue weighted by Crippen LogP contribution is 2.34. The molecule has 1 aromatic heterocycles. The smallest absolute Gasteiger partial charge is 0.0934 e. The molecule has 0 radical (unpaired) electrons. The van der Waals surface area contributed by atoms with Crippen LogP contribution >= 0.6 is 11.6 Å². The predicted octanol–water partition coefficient (Wildman–Crippen LogP) is 5.51. The van der Waals surface area contributed by atoms with Crippen LogP contribution in [0.4, 0.5) is 5.69 Å². The first-order valence-electron chi connectivity index (χ1n) is 7.96. The van der Waals surface area contributed by atoms with E-state index >= 15 is 0 Å². The van der Waals surface area contributed by atoms with Crippen LogP contribution in [0.2, 0.25) is 5.02 Å². The summed E-state index contributed by atoms with van der Waals surface area (Å²) in [5.41, 5.74) is 2.10. The Bertz CT molecular complexity index is 624. The van der Waals surface area contributed by atoms with Crippen molar-refractivity contribution in [3.8, 4) is 0 Å². The minimum Gasteiger partial charge on any atom is -0.380 e. The molecule has 2 unspecified atom stereocenters. The van der Waals surface area contributed by atoms with Crippen molar-refractivity contribution in [3.05, 3.63) is 35.5 Å². The maximum absolute atomic E-state index is 6.27. The van der Waals surface area contributed by atoms with Gasteiger partial charge in [-0.15, -0.1) is 0 Å². The number of rotatable bonds is 3. The van der Waals surface area contributed by atoms with Crippen molar-refractivity contribution in [3.63, 3.8) is 0 Å². The van der Waals surface area contributed by atoms with Gasteiger partial charge in [0.15, 0.2) is 0 Å². The molecule has 3 rings (SSSR count). The van der Waals surface area contributed by atoms with Gasteiger partial charge in [0.25, 0.3) is 0 Å². The Morgan fingerprint density at radius 3 is 2.86 bits per heavy atom. The molecular formula is C18H23ClN2. The number of hydrogen-bond acceptors (Lipinski definition) is 2. The fraction of sp³-hybridized carbons (Fsp3) is 0.500. The van der Waals surface area contributed by atoms with Gasteiger partial charge in [0.05, 0.1) is 11.2 Å². The molecule has 1 aromatic carbocycles. The Kier molecular flexibility index (Phi) is 4.34. The van der Waals surface area contributed by atoms with Gasteiger partial charge in [-0.3, -0.25) is 4.98 Å². The molecule has 1 aliphatic rings. The van der Waals surface area contributed by atoms with Crippen LogP contribution in [-0.4, -0.2) is 11.0 Å². The summed E-state index contributed by atoms with van der Waals surface area (Å²) in [6, 6.07) is 8.56. The monoisotopic (exact) mass is 302 g/mol. The second-order valence-corrected chi connectivity index (χ2v) is 6.91. The van der Waals surface area contributed by atoms with Crippen molar-refractivity contribution in [2.24, 2.45) is 11.8 Å². The molecule has 1 aliphatic carbocycles. The lowest BCUT2D eigenvalue weighted by molar-refractivity contribution is 0.254. The topological polar surface area (TPSA) is 24.9 Å². The molecule has 2 aromatic rings. The van der Waals surface area contributed by atoms with Gasteiger partial charge in [0.2, 0.25) is 0 Å². The molecule has 21 heavy (non-hydrogen) atoms. The van der Waals surface area contributed by atoms with E-state index in [-0.39, 0.29) is 0 Å². The standard InChI is InChI=1S/C18H23ClN2/c1-12(2)15-7-3-4-8-16(15)21-17-11-14(19)10-13-6-5-9-20-18(13)17/h5-6,9-12,15-16,21H,3-4,7-8H2,1-2H3. The zero-order chi connectivity index (χ0) is 14.8. The van der Waals surface area contributed by atoms with Crippen molar-refractivity contribution in [1.29, 1.82) is 0 Å². The summed E-state index contributed by atoms with van der Waals surface area (Å²) < 4.78 is 0. The summed E-state index contributed by atoms with van der Waals surface area (Å²) in [5, 5.41) is 5.62. The van der Waals surface area contributed by atoms with E-state index in [1.807, 2.05) is 24.4 Å². The summed E-state index contributed by atoms with van der Waals surface area (Å²) >= 11 is 6.27. The summed E-state index contributed by atoms with van der Waals surface area (Å²) in [7, 11) is 0. The fourth-order valence-corrected chi connectivity index (χ4v) is 3.83. The molecule has 1 saturated carbocycles. The van der Waals surface area contributed by atoms with Crippen molar-refractivity contribution in [2.75, 3.05) is 5.32 Å². The van der Waals surface area contributed by atoms with Gasteiger partial charge in [0, 0.05) is 22.6 Å². The number of nitrogens with one attached hydrogen (secondary N) is 1. The van der Waals surface area contributed by atoms with Crippen molar-refractivity contribution in [2.45, 2.75) is 45.6 Å². The van der Waals surface area contributed by atoms with Crippen LogP contribution in [-0.2, 0) is 0 Å². The number of pyridine rings is 1. The van der Waals surface area contributed by atoms with Gasteiger partial charge in [-0.05, 0) is 42.9 Å². The lowest BCUT2D eigenvalue weighted by atomic mass is 9.77. The number of hydrogen-bond donors (Lipinski definition) is 1. The van der Waals surface area contributed by atoms with E-state index in [1.165, 1.54) is 25.7 Å². The molecule has 1 heterocycles. The molecule has 3 heteroatoms. The van der Waals surface area contributed by atoms with E-state index in [1.54, 1.807) is 0 Å². The van der Waals surface area contributed by atoms with Crippen LogP contribution in [0, 0.1) is 11.8 Å². The molecule has 112 valence electrons. The molecule has 1 fully saturated rings. The Balaban J connectivity index is 1.93. The minimum atomic E-state index is 0.530. The van der Waals surface area contributed by atoms with E-state index in [0.717, 1.165) is 27.5 Å². The molecular weight excluding hydrogens is 280 g/mol. The molecule has 0 aliphatic heterocycles. The number of fused-ring (bicyclic) bond motifs is 1. The third-order valence-corrected chi connectivity index (χ3v) is 4.90. The van der Waals surface area contributed by atoms with Gasteiger partial charge in [-0.25, -0.2) is 0 Å². The summed E-state index contributed by atoms with van der Waals surface area (Å²) in [5.74, 6) is 1.44. The van der Waals surface area contributed by atoms with E-state index in [9.17, 15) is 0 Å². The van der Waals surface area contributed by atoms with Crippen LogP contribution in [0.5, 0.6) is 0 Å². The van der Waals surface area contributed by atoms with Crippen LogP contribution in [0.1, 0.15) is 39.5 Å². The zero-order valence-corrected chi connectivity index (χ0v) is 13.5. The van der Waals surface area contributed by atoms with Gasteiger partial charge >= 0.3 is 0 Å². The Labute approximate surface area is 131 Å². The highest BCUT2D eigenvalue weighted by atomic mass is 35.5.